The molecule has 9 nitrogen and oxygen atoms in total. The monoisotopic (exact) mass is 557 g/mol. The summed E-state index contributed by atoms with van der Waals surface area (Å²) >= 11 is 1.27. The van der Waals surface area contributed by atoms with Gasteiger partial charge in [0.2, 0.25) is 10.0 Å². The molecule has 196 valence electrons. The summed E-state index contributed by atoms with van der Waals surface area (Å²) in [6.07, 6.45) is 0.0130. The Morgan fingerprint density at radius 2 is 1.51 bits per heavy atom. The molecule has 4 rings (SSSR count). The summed E-state index contributed by atoms with van der Waals surface area (Å²) in [7, 11) is -3.91. The number of hydrogen-bond donors (Lipinski definition) is 1. The number of aromatic nitrogens is 1. The topological polar surface area (TPSA) is 136 Å². The second kappa shape index (κ2) is 12.8. The molecule has 0 bridgehead atoms. The molecule has 39 heavy (non-hydrogen) atoms. The van der Waals surface area contributed by atoms with Gasteiger partial charge in [-0.1, -0.05) is 18.2 Å². The average Bonchev–Trinajstić information content (AvgIpc) is 3.42. The van der Waals surface area contributed by atoms with Gasteiger partial charge in [0.05, 0.1) is 22.7 Å². The zero-order chi connectivity index (χ0) is 27.7. The van der Waals surface area contributed by atoms with E-state index in [1.165, 1.54) is 35.6 Å². The predicted molar refractivity (Wildman–Crippen MR) is 148 cm³/mol. The number of nitrogens with zero attached hydrogens (tertiary/aromatic N) is 4. The van der Waals surface area contributed by atoms with Gasteiger partial charge in [0, 0.05) is 42.4 Å². The van der Waals surface area contributed by atoms with Gasteiger partial charge in [-0.2, -0.15) is 14.8 Å². The van der Waals surface area contributed by atoms with Gasteiger partial charge in [-0.05, 0) is 60.7 Å². The van der Waals surface area contributed by atoms with Gasteiger partial charge in [-0.25, -0.2) is 13.4 Å². The van der Waals surface area contributed by atoms with Gasteiger partial charge in [0.15, 0.2) is 5.13 Å². The molecule has 0 atom stereocenters. The van der Waals surface area contributed by atoms with E-state index in [1.807, 2.05) is 72.1 Å². The number of benzene rings is 3. The second-order valence-electron chi connectivity index (χ2n) is 8.18. The molecule has 1 N–H and O–H groups in total. The summed E-state index contributed by atoms with van der Waals surface area (Å²) in [6.45, 7) is -0.0319. The third-order valence-electron chi connectivity index (χ3n) is 5.55. The van der Waals surface area contributed by atoms with Gasteiger partial charge in [-0.3, -0.25) is 10.1 Å². The average molecular weight is 558 g/mol. The van der Waals surface area contributed by atoms with E-state index in [2.05, 4.69) is 10.3 Å². The molecule has 0 radical (unpaired) electrons. The minimum atomic E-state index is -3.91. The first-order valence-electron chi connectivity index (χ1n) is 11.8. The van der Waals surface area contributed by atoms with Crippen molar-refractivity contribution in [1.29, 1.82) is 10.5 Å². The van der Waals surface area contributed by atoms with Gasteiger partial charge in [0.1, 0.15) is 11.5 Å². The number of thiazole rings is 1. The van der Waals surface area contributed by atoms with Crippen LogP contribution in [-0.2, 0) is 10.0 Å². The first-order valence-corrected chi connectivity index (χ1v) is 14.2. The molecule has 1 heterocycles. The van der Waals surface area contributed by atoms with Crippen LogP contribution >= 0.6 is 11.3 Å². The highest BCUT2D eigenvalue weighted by Gasteiger charge is 2.24. The number of sulfonamides is 1. The maximum Gasteiger partial charge on any atom is 0.257 e. The van der Waals surface area contributed by atoms with Crippen LogP contribution in [0.2, 0.25) is 0 Å². The summed E-state index contributed by atoms with van der Waals surface area (Å²) in [5.41, 5.74) is 1.81. The van der Waals surface area contributed by atoms with Crippen LogP contribution in [0.15, 0.2) is 89.1 Å². The van der Waals surface area contributed by atoms with Gasteiger partial charge < -0.3 is 4.74 Å². The zero-order valence-electron chi connectivity index (χ0n) is 20.6. The molecule has 0 fully saturated rings. The Kier molecular flexibility index (Phi) is 9.02. The smallest absolute Gasteiger partial charge is 0.257 e. The second-order valence-corrected chi connectivity index (χ2v) is 11.0. The number of ether oxygens (including phenoxy) is 1. The maximum absolute atomic E-state index is 13.0. The summed E-state index contributed by atoms with van der Waals surface area (Å²) in [5.74, 6) is 1.000. The molecule has 0 spiro atoms. The molecule has 0 aliphatic heterocycles. The van der Waals surface area contributed by atoms with Crippen molar-refractivity contribution >= 4 is 32.4 Å². The molecular weight excluding hydrogens is 534 g/mol. The summed E-state index contributed by atoms with van der Waals surface area (Å²) < 4.78 is 32.8. The molecule has 11 heteroatoms. The van der Waals surface area contributed by atoms with Crippen LogP contribution in [0.3, 0.4) is 0 Å². The number of nitriles is 2. The van der Waals surface area contributed by atoms with E-state index in [1.54, 1.807) is 0 Å². The maximum atomic E-state index is 13.0. The Bertz CT molecular complexity index is 1590. The molecule has 0 saturated carbocycles. The van der Waals surface area contributed by atoms with Gasteiger partial charge >= 0.3 is 0 Å². The minimum Gasteiger partial charge on any atom is -0.457 e. The molecule has 0 saturated heterocycles. The lowest BCUT2D eigenvalue weighted by atomic mass is 10.2. The number of hydrogen-bond acceptors (Lipinski definition) is 8. The Labute approximate surface area is 230 Å². The molecule has 0 aliphatic rings. The van der Waals surface area contributed by atoms with Crippen molar-refractivity contribution in [1.82, 2.24) is 9.29 Å². The number of carbonyl (C=O) groups excluding carboxylic acids is 1. The predicted octanol–water partition coefficient (Wildman–Crippen LogP) is 5.67. The lowest BCUT2D eigenvalue weighted by molar-refractivity contribution is 0.102. The molecule has 1 amide bonds. The molecule has 0 aliphatic carbocycles. The highest BCUT2D eigenvalue weighted by atomic mass is 32.2. The standard InChI is InChI=1S/C28H23N5O4S2/c29-16-4-18-33(19-5-17-30)39(35,36)25-14-10-22(11-15-25)27(34)32-28-31-26(20-38-28)21-8-12-24(13-9-21)37-23-6-2-1-3-7-23/h1-3,6-15,20H,4-5,18-19H2,(H,31,32,34). The summed E-state index contributed by atoms with van der Waals surface area (Å²) in [4.78, 5) is 17.2. The minimum absolute atomic E-state index is 0.00651. The van der Waals surface area contributed by atoms with E-state index in [9.17, 15) is 13.2 Å². The molecule has 4 aromatic rings. The van der Waals surface area contributed by atoms with E-state index in [0.717, 1.165) is 15.6 Å². The van der Waals surface area contributed by atoms with Crippen LogP contribution in [0.4, 0.5) is 5.13 Å². The van der Waals surface area contributed by atoms with E-state index in [-0.39, 0.29) is 36.4 Å². The van der Waals surface area contributed by atoms with E-state index in [4.69, 9.17) is 15.3 Å². The highest BCUT2D eigenvalue weighted by Crippen LogP contribution is 2.28. The van der Waals surface area contributed by atoms with Crippen molar-refractivity contribution < 1.29 is 17.9 Å². The van der Waals surface area contributed by atoms with Gasteiger partial charge in [-0.15, -0.1) is 11.3 Å². The third kappa shape index (κ3) is 7.06. The lowest BCUT2D eigenvalue weighted by Crippen LogP contribution is -2.32. The molecule has 3 aromatic carbocycles. The number of carbonyl (C=O) groups is 1. The van der Waals surface area contributed by atoms with Crippen LogP contribution in [0.5, 0.6) is 11.5 Å². The van der Waals surface area contributed by atoms with Crippen molar-refractivity contribution in [2.24, 2.45) is 0 Å². The summed E-state index contributed by atoms with van der Waals surface area (Å²) in [5, 5.41) is 22.6. The normalized spacial score (nSPS) is 10.9. The van der Waals surface area contributed by atoms with Crippen LogP contribution in [0, 0.1) is 22.7 Å². The van der Waals surface area contributed by atoms with Crippen molar-refractivity contribution in [2.45, 2.75) is 17.7 Å². The number of nitrogens with one attached hydrogen (secondary N) is 1. The van der Waals surface area contributed by atoms with Crippen molar-refractivity contribution in [3.8, 4) is 34.9 Å². The lowest BCUT2D eigenvalue weighted by Gasteiger charge is -2.20. The SMILES string of the molecule is N#CCCN(CCC#N)S(=O)(=O)c1ccc(C(=O)Nc2nc(-c3ccc(Oc4ccccc4)cc3)cs2)cc1. The van der Waals surface area contributed by atoms with E-state index in [0.29, 0.717) is 16.6 Å². The largest absolute Gasteiger partial charge is 0.457 e. The van der Waals surface area contributed by atoms with Crippen LogP contribution in [-0.4, -0.2) is 36.7 Å². The number of amides is 1. The number of para-hydroxylation sites is 1. The highest BCUT2D eigenvalue weighted by molar-refractivity contribution is 7.89. The fourth-order valence-corrected chi connectivity index (χ4v) is 5.74. The fraction of sp³-hybridized carbons (Fsp3) is 0.143. The van der Waals surface area contributed by atoms with Gasteiger partial charge in [0.25, 0.3) is 5.91 Å². The van der Waals surface area contributed by atoms with E-state index >= 15 is 0 Å². The van der Waals surface area contributed by atoms with Crippen LogP contribution < -0.4 is 10.1 Å². The fourth-order valence-electron chi connectivity index (χ4n) is 3.58. The van der Waals surface area contributed by atoms with Crippen molar-refractivity contribution in [2.75, 3.05) is 18.4 Å². The van der Waals surface area contributed by atoms with Crippen LogP contribution in [0.25, 0.3) is 11.3 Å². The Hall–Kier alpha value is -4.55. The van der Waals surface area contributed by atoms with Crippen molar-refractivity contribution in [3.63, 3.8) is 0 Å². The summed E-state index contributed by atoms with van der Waals surface area (Å²) in [6, 6.07) is 26.2. The Balaban J connectivity index is 1.40. The number of anilines is 1. The van der Waals surface area contributed by atoms with E-state index < -0.39 is 15.9 Å². The zero-order valence-corrected chi connectivity index (χ0v) is 22.3. The van der Waals surface area contributed by atoms with Crippen LogP contribution in [0.1, 0.15) is 23.2 Å². The Morgan fingerprint density at radius 1 is 0.897 bits per heavy atom. The third-order valence-corrected chi connectivity index (χ3v) is 8.22. The molecular formula is C28H23N5O4S2. The first-order chi connectivity index (χ1) is 18.9. The van der Waals surface area contributed by atoms with Crippen molar-refractivity contribution in [3.05, 3.63) is 89.8 Å². The first kappa shape index (κ1) is 27.5. The number of rotatable bonds is 11. The molecule has 0 unspecified atom stereocenters. The quantitative estimate of drug-likeness (QED) is 0.251. The molecule has 1 aromatic heterocycles. The Morgan fingerprint density at radius 3 is 2.13 bits per heavy atom.